The molecule has 0 aromatic heterocycles. The normalized spacial score (nSPS) is 14.0. The fourth-order valence-electron chi connectivity index (χ4n) is 10.3. The van der Waals surface area contributed by atoms with E-state index in [-0.39, 0.29) is 80.8 Å². The van der Waals surface area contributed by atoms with E-state index in [1.54, 1.807) is 13.8 Å². The molecule has 0 spiro atoms. The number of hydrogen-bond acceptors (Lipinski definition) is 19. The van der Waals surface area contributed by atoms with E-state index in [1.165, 1.54) is 38.5 Å². The highest BCUT2D eigenvalue weighted by atomic mass is 31.2. The van der Waals surface area contributed by atoms with Gasteiger partial charge in [0.15, 0.2) is 6.10 Å². The van der Waals surface area contributed by atoms with Crippen LogP contribution in [0.5, 0.6) is 0 Å². The fraction of sp³-hybridized carbons (Fsp3) is 0.901. The Balaban J connectivity index is 6.29. The smallest absolute Gasteiger partial charge is 0.466 e. The van der Waals surface area contributed by atoms with Gasteiger partial charge in [0.1, 0.15) is 25.7 Å². The molecule has 0 heterocycles. The Hall–Kier alpha value is -3.68. The molecular formula is C71H133N2O18P. The minimum absolute atomic E-state index is 0.0375. The van der Waals surface area contributed by atoms with Crippen molar-refractivity contribution in [2.45, 2.75) is 330 Å². The van der Waals surface area contributed by atoms with Crippen LogP contribution in [0.15, 0.2) is 0 Å². The Bertz CT molecular complexity index is 2020. The first-order chi connectivity index (χ1) is 43.7. The number of phosphoric ester groups is 1. The van der Waals surface area contributed by atoms with E-state index in [9.17, 15) is 43.0 Å². The zero-order valence-corrected chi connectivity index (χ0v) is 61.1. The Morgan fingerprint density at radius 2 is 0.793 bits per heavy atom. The summed E-state index contributed by atoms with van der Waals surface area (Å²) in [6.45, 7) is 20.1. The van der Waals surface area contributed by atoms with Crippen molar-refractivity contribution in [1.82, 2.24) is 10.2 Å². The average Bonchev–Trinajstić information content (AvgIpc) is 1.16. The molecule has 0 aliphatic carbocycles. The summed E-state index contributed by atoms with van der Waals surface area (Å²) in [6.07, 6.45) is 27.6. The second-order valence-corrected chi connectivity index (χ2v) is 28.6. The lowest BCUT2D eigenvalue weighted by Crippen LogP contribution is -2.62. The van der Waals surface area contributed by atoms with E-state index in [4.69, 9.17) is 42.2 Å². The number of ether oxygens (including phenoxy) is 7. The summed E-state index contributed by atoms with van der Waals surface area (Å²) in [5, 5.41) is 3.47. The standard InChI is InChI=1S/C71H133N2O18P/c1-14-19-23-27-29-33-44-58(42-31-25-21-16-3)66(78)84-52-39-36-47-64(76)87-56-61(90-65(77)48-37-40-53-85-67(79)59(43-32-26-22-17-4)45-34-30-28-24-20-15-2)57-88-68(80)60(54-86-63(75)46-35-38-51-83-62(74)49-41-50-73(12)13)55-89-92(81,82)91-71(10,11)70(8,9)72-69(6,7)18-5/h58-61,72H,14-57H2,1-13H3,(H,81,82). The number of rotatable bonds is 62. The van der Waals surface area contributed by atoms with Crippen molar-refractivity contribution in [3.63, 3.8) is 0 Å². The van der Waals surface area contributed by atoms with Crippen LogP contribution in [-0.2, 0) is 80.3 Å². The minimum atomic E-state index is -4.94. The Kier molecular flexibility index (Phi) is 51.3. The highest BCUT2D eigenvalue weighted by molar-refractivity contribution is 7.47. The summed E-state index contributed by atoms with van der Waals surface area (Å²) < 4.78 is 64.2. The molecule has 21 heteroatoms. The molecule has 2 N–H and O–H groups in total. The quantitative estimate of drug-likeness (QED) is 0.0248. The van der Waals surface area contributed by atoms with Crippen LogP contribution in [0.1, 0.15) is 307 Å². The van der Waals surface area contributed by atoms with Gasteiger partial charge in [-0.2, -0.15) is 0 Å². The van der Waals surface area contributed by atoms with Gasteiger partial charge in [-0.3, -0.25) is 42.6 Å². The number of carbonyl (C=O) groups excluding carboxylic acids is 7. The third kappa shape index (κ3) is 47.3. The van der Waals surface area contributed by atoms with Gasteiger partial charge in [-0.15, -0.1) is 0 Å². The summed E-state index contributed by atoms with van der Waals surface area (Å²) in [4.78, 5) is 106. The summed E-state index contributed by atoms with van der Waals surface area (Å²) in [5.41, 5.74) is -2.56. The minimum Gasteiger partial charge on any atom is -0.466 e. The molecule has 0 saturated carbocycles. The van der Waals surface area contributed by atoms with E-state index in [0.717, 1.165) is 129 Å². The second kappa shape index (κ2) is 53.5. The molecular weight excluding hydrogens is 1200 g/mol. The van der Waals surface area contributed by atoms with Gasteiger partial charge in [0.2, 0.25) is 0 Å². The number of esters is 7. The molecule has 0 radical (unpaired) electrons. The molecule has 0 aliphatic rings. The van der Waals surface area contributed by atoms with Crippen molar-refractivity contribution in [3.05, 3.63) is 0 Å². The SMILES string of the molecule is CCCCCCCCC(CCCCCC)C(=O)OCCCCC(=O)OCC(COC(=O)C(COC(=O)CCCCOC(=O)CCCN(C)C)COP(=O)(O)OC(C)(C)C(C)(C)NC(C)(C)CC)OC(=O)CCCCOC(=O)C(CCCCCC)CCCCCCCC. The molecule has 0 aromatic carbocycles. The molecule has 0 aliphatic heterocycles. The Morgan fingerprint density at radius 1 is 0.424 bits per heavy atom. The van der Waals surface area contributed by atoms with Crippen LogP contribution in [0, 0.1) is 17.8 Å². The molecule has 0 bridgehead atoms. The molecule has 5 atom stereocenters. The number of unbranched alkanes of at least 4 members (excludes halogenated alkanes) is 19. The molecule has 20 nitrogen and oxygen atoms in total. The summed E-state index contributed by atoms with van der Waals surface area (Å²) in [5.74, 6) is -5.65. The zero-order valence-electron chi connectivity index (χ0n) is 60.2. The first-order valence-electron chi connectivity index (χ1n) is 36.0. The van der Waals surface area contributed by atoms with Gasteiger partial charge < -0.3 is 48.3 Å². The van der Waals surface area contributed by atoms with Crippen LogP contribution < -0.4 is 5.32 Å². The van der Waals surface area contributed by atoms with Crippen molar-refractivity contribution < 1.29 is 85.2 Å². The highest BCUT2D eigenvalue weighted by Crippen LogP contribution is 2.50. The number of nitrogens with one attached hydrogen (secondary N) is 1. The lowest BCUT2D eigenvalue weighted by Gasteiger charge is -2.46. The van der Waals surface area contributed by atoms with Crippen molar-refractivity contribution >= 4 is 49.6 Å². The van der Waals surface area contributed by atoms with Crippen molar-refractivity contribution in [3.8, 4) is 0 Å². The molecule has 0 fully saturated rings. The average molecular weight is 1330 g/mol. The van der Waals surface area contributed by atoms with Gasteiger partial charge in [-0.05, 0) is 139 Å². The van der Waals surface area contributed by atoms with Gasteiger partial charge in [-0.25, -0.2) is 4.57 Å². The van der Waals surface area contributed by atoms with Crippen LogP contribution in [0.4, 0.5) is 0 Å². The maximum atomic E-state index is 14.0. The van der Waals surface area contributed by atoms with Crippen LogP contribution in [-0.4, -0.2) is 141 Å². The Morgan fingerprint density at radius 3 is 1.24 bits per heavy atom. The van der Waals surface area contributed by atoms with E-state index in [1.807, 2.05) is 53.6 Å². The van der Waals surface area contributed by atoms with Crippen LogP contribution in [0.3, 0.4) is 0 Å². The lowest BCUT2D eigenvalue weighted by molar-refractivity contribution is -0.170. The van der Waals surface area contributed by atoms with Gasteiger partial charge in [0, 0.05) is 36.8 Å². The van der Waals surface area contributed by atoms with Gasteiger partial charge in [0.25, 0.3) is 0 Å². The van der Waals surface area contributed by atoms with Crippen molar-refractivity contribution in [2.75, 3.05) is 66.9 Å². The number of carbonyl (C=O) groups is 7. The van der Waals surface area contributed by atoms with Crippen molar-refractivity contribution in [2.24, 2.45) is 17.8 Å². The highest BCUT2D eigenvalue weighted by Gasteiger charge is 2.46. The second-order valence-electron chi connectivity index (χ2n) is 27.2. The van der Waals surface area contributed by atoms with Crippen LogP contribution >= 0.6 is 7.82 Å². The zero-order chi connectivity index (χ0) is 69.1. The topological polar surface area (TPSA) is 255 Å². The first kappa shape index (κ1) is 88.3. The summed E-state index contributed by atoms with van der Waals surface area (Å²) >= 11 is 0. The van der Waals surface area contributed by atoms with Gasteiger partial charge >= 0.3 is 49.6 Å². The lowest BCUT2D eigenvalue weighted by atomic mass is 9.83. The predicted octanol–water partition coefficient (Wildman–Crippen LogP) is 15.8. The molecule has 5 unspecified atom stereocenters. The molecule has 0 saturated heterocycles. The van der Waals surface area contributed by atoms with Crippen LogP contribution in [0.2, 0.25) is 0 Å². The van der Waals surface area contributed by atoms with Crippen LogP contribution in [0.25, 0.3) is 0 Å². The first-order valence-corrected chi connectivity index (χ1v) is 37.5. The van der Waals surface area contributed by atoms with E-state index >= 15 is 0 Å². The third-order valence-electron chi connectivity index (χ3n) is 17.1. The largest absolute Gasteiger partial charge is 0.472 e. The maximum absolute atomic E-state index is 14.0. The number of nitrogens with zero attached hydrogens (tertiary/aromatic N) is 1. The monoisotopic (exact) mass is 1330 g/mol. The molecule has 92 heavy (non-hydrogen) atoms. The van der Waals surface area contributed by atoms with E-state index in [2.05, 4.69) is 33.0 Å². The third-order valence-corrected chi connectivity index (χ3v) is 18.3. The Labute approximate surface area is 557 Å². The van der Waals surface area contributed by atoms with Gasteiger partial charge in [0.05, 0.1) is 43.9 Å². The predicted molar refractivity (Wildman–Crippen MR) is 361 cm³/mol. The molecule has 0 aromatic rings. The van der Waals surface area contributed by atoms with E-state index in [0.29, 0.717) is 44.9 Å². The summed E-state index contributed by atoms with van der Waals surface area (Å²) in [6, 6.07) is 0. The van der Waals surface area contributed by atoms with Crippen molar-refractivity contribution in [1.29, 1.82) is 0 Å². The number of hydrogen-bond donors (Lipinski definition) is 2. The molecule has 0 rings (SSSR count). The summed E-state index contributed by atoms with van der Waals surface area (Å²) in [7, 11) is -1.11. The fourth-order valence-corrected chi connectivity index (χ4v) is 11.5. The number of phosphoric acid groups is 1. The molecule has 540 valence electrons. The maximum Gasteiger partial charge on any atom is 0.472 e. The molecule has 0 amide bonds. The van der Waals surface area contributed by atoms with Gasteiger partial charge in [-0.1, -0.05) is 163 Å². The van der Waals surface area contributed by atoms with E-state index < -0.39 is 81.3 Å².